The van der Waals surface area contributed by atoms with Crippen LogP contribution in [0.25, 0.3) is 22.3 Å². The van der Waals surface area contributed by atoms with Gasteiger partial charge in [-0.2, -0.15) is 0 Å². The average Bonchev–Trinajstić information content (AvgIpc) is 2.56. The Labute approximate surface area is 131 Å². The topological polar surface area (TPSA) is 0 Å². The van der Waals surface area contributed by atoms with Crippen LogP contribution in [0.15, 0.2) is 72.8 Å². The lowest BCUT2D eigenvalue weighted by atomic mass is 9.94. The fraction of sp³-hybridized carbons (Fsp3) is 0.100. The SMILES string of the molecule is CCc1ccc(-c2ccccc2-c2ccc(Cl)cc2)cc1. The van der Waals surface area contributed by atoms with Gasteiger partial charge in [-0.1, -0.05) is 79.2 Å². The summed E-state index contributed by atoms with van der Waals surface area (Å²) in [6.07, 6.45) is 1.07. The second-order valence-electron chi connectivity index (χ2n) is 5.10. The van der Waals surface area contributed by atoms with Crippen molar-refractivity contribution in [2.75, 3.05) is 0 Å². The molecule has 0 unspecified atom stereocenters. The van der Waals surface area contributed by atoms with Crippen molar-refractivity contribution in [1.82, 2.24) is 0 Å². The Kier molecular flexibility index (Phi) is 4.08. The Bertz CT molecular complexity index is 725. The number of halogens is 1. The molecule has 0 fully saturated rings. The average molecular weight is 293 g/mol. The van der Waals surface area contributed by atoms with Gasteiger partial charge in [-0.3, -0.25) is 0 Å². The van der Waals surface area contributed by atoms with Crippen molar-refractivity contribution < 1.29 is 0 Å². The van der Waals surface area contributed by atoms with Crippen LogP contribution in [-0.2, 0) is 6.42 Å². The van der Waals surface area contributed by atoms with Gasteiger partial charge in [-0.05, 0) is 46.4 Å². The Morgan fingerprint density at radius 2 is 1.14 bits per heavy atom. The molecular weight excluding hydrogens is 276 g/mol. The van der Waals surface area contributed by atoms with E-state index >= 15 is 0 Å². The lowest BCUT2D eigenvalue weighted by Crippen LogP contribution is -1.86. The van der Waals surface area contributed by atoms with Gasteiger partial charge in [-0.25, -0.2) is 0 Å². The third-order valence-corrected chi connectivity index (χ3v) is 4.01. The van der Waals surface area contributed by atoms with Crippen LogP contribution in [0.4, 0.5) is 0 Å². The van der Waals surface area contributed by atoms with Gasteiger partial charge in [-0.15, -0.1) is 0 Å². The number of hydrogen-bond acceptors (Lipinski definition) is 0. The molecule has 0 aromatic heterocycles. The number of hydrogen-bond donors (Lipinski definition) is 0. The molecule has 0 spiro atoms. The van der Waals surface area contributed by atoms with E-state index in [1.165, 1.54) is 27.8 Å². The summed E-state index contributed by atoms with van der Waals surface area (Å²) in [6.45, 7) is 2.18. The summed E-state index contributed by atoms with van der Waals surface area (Å²) >= 11 is 5.99. The van der Waals surface area contributed by atoms with E-state index in [2.05, 4.69) is 67.6 Å². The maximum absolute atomic E-state index is 5.99. The summed E-state index contributed by atoms with van der Waals surface area (Å²) in [7, 11) is 0. The van der Waals surface area contributed by atoms with Gasteiger partial charge in [0.1, 0.15) is 0 Å². The molecule has 3 rings (SSSR count). The van der Waals surface area contributed by atoms with Crippen LogP contribution in [0.1, 0.15) is 12.5 Å². The van der Waals surface area contributed by atoms with Crippen LogP contribution in [0, 0.1) is 0 Å². The van der Waals surface area contributed by atoms with Crippen molar-refractivity contribution >= 4 is 11.6 Å². The van der Waals surface area contributed by atoms with E-state index in [-0.39, 0.29) is 0 Å². The van der Waals surface area contributed by atoms with E-state index in [0.29, 0.717) is 0 Å². The molecule has 0 radical (unpaired) electrons. The monoisotopic (exact) mass is 292 g/mol. The molecule has 0 atom stereocenters. The number of aryl methyl sites for hydroxylation is 1. The minimum Gasteiger partial charge on any atom is -0.0843 e. The van der Waals surface area contributed by atoms with E-state index in [1.807, 2.05) is 12.1 Å². The first kappa shape index (κ1) is 13.9. The smallest absolute Gasteiger partial charge is 0.0406 e. The molecule has 0 saturated carbocycles. The second kappa shape index (κ2) is 6.15. The van der Waals surface area contributed by atoms with E-state index < -0.39 is 0 Å². The van der Waals surface area contributed by atoms with Gasteiger partial charge in [0.2, 0.25) is 0 Å². The fourth-order valence-electron chi connectivity index (χ4n) is 2.54. The third kappa shape index (κ3) is 3.01. The first-order valence-electron chi connectivity index (χ1n) is 7.22. The molecule has 0 bridgehead atoms. The van der Waals surface area contributed by atoms with Crippen molar-refractivity contribution in [3.63, 3.8) is 0 Å². The zero-order valence-electron chi connectivity index (χ0n) is 12.0. The van der Waals surface area contributed by atoms with Crippen LogP contribution in [0.5, 0.6) is 0 Å². The number of rotatable bonds is 3. The summed E-state index contributed by atoms with van der Waals surface area (Å²) in [4.78, 5) is 0. The van der Waals surface area contributed by atoms with Gasteiger partial charge < -0.3 is 0 Å². The van der Waals surface area contributed by atoms with E-state index in [0.717, 1.165) is 11.4 Å². The molecule has 3 aromatic rings. The Morgan fingerprint density at radius 1 is 0.667 bits per heavy atom. The maximum atomic E-state index is 5.99. The molecule has 0 N–H and O–H groups in total. The zero-order chi connectivity index (χ0) is 14.7. The normalized spacial score (nSPS) is 10.6. The second-order valence-corrected chi connectivity index (χ2v) is 5.54. The molecular formula is C20H17Cl. The van der Waals surface area contributed by atoms with E-state index in [4.69, 9.17) is 11.6 Å². The van der Waals surface area contributed by atoms with Crippen molar-refractivity contribution in [1.29, 1.82) is 0 Å². The van der Waals surface area contributed by atoms with Crippen molar-refractivity contribution in [3.8, 4) is 22.3 Å². The number of benzene rings is 3. The van der Waals surface area contributed by atoms with Crippen molar-refractivity contribution in [2.45, 2.75) is 13.3 Å². The molecule has 0 nitrogen and oxygen atoms in total. The molecule has 0 aliphatic heterocycles. The lowest BCUT2D eigenvalue weighted by molar-refractivity contribution is 1.14. The van der Waals surface area contributed by atoms with Gasteiger partial charge in [0.05, 0.1) is 0 Å². The van der Waals surface area contributed by atoms with Gasteiger partial charge in [0.15, 0.2) is 0 Å². The summed E-state index contributed by atoms with van der Waals surface area (Å²) in [6, 6.07) is 25.3. The third-order valence-electron chi connectivity index (χ3n) is 3.76. The minimum atomic E-state index is 0.767. The van der Waals surface area contributed by atoms with Gasteiger partial charge in [0, 0.05) is 5.02 Å². The largest absolute Gasteiger partial charge is 0.0843 e. The molecule has 3 aromatic carbocycles. The predicted octanol–water partition coefficient (Wildman–Crippen LogP) is 6.24. The van der Waals surface area contributed by atoms with Crippen molar-refractivity contribution in [3.05, 3.63) is 83.4 Å². The van der Waals surface area contributed by atoms with Gasteiger partial charge in [0.25, 0.3) is 0 Å². The summed E-state index contributed by atoms with van der Waals surface area (Å²) < 4.78 is 0. The van der Waals surface area contributed by atoms with E-state index in [1.54, 1.807) is 0 Å². The highest BCUT2D eigenvalue weighted by atomic mass is 35.5. The Morgan fingerprint density at radius 3 is 1.62 bits per heavy atom. The maximum Gasteiger partial charge on any atom is 0.0406 e. The predicted molar refractivity (Wildman–Crippen MR) is 91.7 cm³/mol. The highest BCUT2D eigenvalue weighted by molar-refractivity contribution is 6.30. The first-order valence-corrected chi connectivity index (χ1v) is 7.60. The summed E-state index contributed by atoms with van der Waals surface area (Å²) in [5.41, 5.74) is 6.29. The molecule has 0 amide bonds. The lowest BCUT2D eigenvalue weighted by Gasteiger charge is -2.11. The summed E-state index contributed by atoms with van der Waals surface area (Å²) in [5.74, 6) is 0. The molecule has 1 heteroatoms. The molecule has 21 heavy (non-hydrogen) atoms. The molecule has 0 aliphatic carbocycles. The first-order chi connectivity index (χ1) is 10.3. The van der Waals surface area contributed by atoms with Crippen molar-refractivity contribution in [2.24, 2.45) is 0 Å². The summed E-state index contributed by atoms with van der Waals surface area (Å²) in [5, 5.41) is 0.767. The highest BCUT2D eigenvalue weighted by Crippen LogP contribution is 2.32. The highest BCUT2D eigenvalue weighted by Gasteiger charge is 2.06. The van der Waals surface area contributed by atoms with E-state index in [9.17, 15) is 0 Å². The van der Waals surface area contributed by atoms with Crippen LogP contribution < -0.4 is 0 Å². The molecule has 104 valence electrons. The standard InChI is InChI=1S/C20H17Cl/c1-2-15-7-9-16(10-8-15)19-5-3-4-6-20(19)17-11-13-18(21)14-12-17/h3-14H,2H2,1H3. The molecule has 0 heterocycles. The molecule has 0 saturated heterocycles. The van der Waals surface area contributed by atoms with Crippen LogP contribution in [0.3, 0.4) is 0 Å². The van der Waals surface area contributed by atoms with Gasteiger partial charge >= 0.3 is 0 Å². The van der Waals surface area contributed by atoms with Crippen LogP contribution in [-0.4, -0.2) is 0 Å². The molecule has 0 aliphatic rings. The van der Waals surface area contributed by atoms with Crippen LogP contribution in [0.2, 0.25) is 5.02 Å². The van der Waals surface area contributed by atoms with Crippen LogP contribution >= 0.6 is 11.6 Å². The Hall–Kier alpha value is -2.05. The Balaban J connectivity index is 2.08. The zero-order valence-corrected chi connectivity index (χ0v) is 12.8. The quantitative estimate of drug-likeness (QED) is 0.536. The fourth-order valence-corrected chi connectivity index (χ4v) is 2.66. The minimum absolute atomic E-state index is 0.767.